The highest BCUT2D eigenvalue weighted by atomic mass is 19.4. The number of hydrogen-bond donors (Lipinski definition) is 19. The van der Waals surface area contributed by atoms with Gasteiger partial charge in [0.15, 0.2) is 24.2 Å². The summed E-state index contributed by atoms with van der Waals surface area (Å²) in [6, 6.07) is -2.65. The van der Waals surface area contributed by atoms with Gasteiger partial charge in [-0.25, -0.2) is 14.4 Å². The van der Waals surface area contributed by atoms with Gasteiger partial charge < -0.3 is 111 Å². The average Bonchev–Trinajstić information content (AvgIpc) is 0.811. The Kier molecular flexibility index (Phi) is 38.9. The van der Waals surface area contributed by atoms with Gasteiger partial charge >= 0.3 is 24.2 Å². The number of benzene rings is 2. The number of aliphatic hydroxyl groups excluding tert-OH is 4. The van der Waals surface area contributed by atoms with Gasteiger partial charge in [-0.05, 0) is 101 Å². The lowest BCUT2D eigenvalue weighted by Crippen LogP contribution is -2.64. The Balaban J connectivity index is 0.00000537. The van der Waals surface area contributed by atoms with Crippen molar-refractivity contribution in [3.8, 4) is 0 Å². The number of aliphatic hydroxyl groups is 4. The fourth-order valence-corrected chi connectivity index (χ4v) is 10.3. The standard InChI is InChI=1S/C67H105N15O19.C2HF3O2/c1-13-36(8)46-60(94)80-47(37(9)84)59(93)72-31-45(85)78-49(52(87)54(68)88)62(96)76-44(32-83)64(98)100-53(39-23-18-15-19-24-39)50(82-58(92)43(30-34(4)5)74-55(89)41(77-66(99)101-67(10,11)12)27-26-38-21-16-14-17-22-38)63(97)81-48(51(86)35(6)7)61(95)75-42(29-33(2)3)57(91)73-40(56(90)79-46)25-20-28-71-65(69)70;3-2(4,5)1(6)7/h14-19,21-24,33-37,40-44,46-53,83-84,86-87H,13,20,25-32H2,1-12H3,(H2,68,88)(H,72,93)(H,73,91)(H,74,89)(H,75,95)(H,76,96)(H,77,99)(H,78,85)(H,79,90)(H,80,94)(H,81,97)(H,82,92)(H4,69,70,71);(H,6,7)/t36-,37-,40+,41+,42-,43-,44-,46?,47?,48-,49-,50-,51+,52-,53+;/m0./s1. The number of alkyl halides is 3. The summed E-state index contributed by atoms with van der Waals surface area (Å²) in [5.74, 6) is -20.6. The van der Waals surface area contributed by atoms with E-state index in [1.165, 1.54) is 44.2 Å². The van der Waals surface area contributed by atoms with Crippen molar-refractivity contribution in [1.29, 1.82) is 0 Å². The maximum absolute atomic E-state index is 15.6. The molecule has 1 aliphatic heterocycles. The van der Waals surface area contributed by atoms with E-state index in [0.717, 1.165) is 12.5 Å². The molecule has 0 bridgehead atoms. The number of nitrogens with zero attached hydrogens (tertiary/aromatic N) is 1. The number of aryl methyl sites for hydroxylation is 1. The van der Waals surface area contributed by atoms with Crippen LogP contribution in [0.2, 0.25) is 0 Å². The number of aliphatic carboxylic acids is 1. The number of carbonyl (C=O) groups is 14. The van der Waals surface area contributed by atoms with Crippen LogP contribution in [0.15, 0.2) is 65.7 Å². The molecule has 1 saturated heterocycles. The summed E-state index contributed by atoms with van der Waals surface area (Å²) in [6.07, 6.45) is -14.4. The van der Waals surface area contributed by atoms with Crippen LogP contribution in [0.3, 0.4) is 0 Å². The smallest absolute Gasteiger partial charge is 0.475 e. The Morgan fingerprint density at radius 2 is 1.18 bits per heavy atom. The molecule has 2 aromatic rings. The number of nitrogens with one attached hydrogen (secondary N) is 11. The van der Waals surface area contributed by atoms with Gasteiger partial charge in [0.25, 0.3) is 0 Å². The lowest BCUT2D eigenvalue weighted by molar-refractivity contribution is -0.192. The summed E-state index contributed by atoms with van der Waals surface area (Å²) in [5, 5.41) is 78.3. The summed E-state index contributed by atoms with van der Waals surface area (Å²) in [6.45, 7) is 16.3. The number of hydrogen-bond acceptors (Lipinski definition) is 21. The van der Waals surface area contributed by atoms with Crippen LogP contribution in [-0.2, 0) is 78.2 Å². The van der Waals surface area contributed by atoms with Crippen LogP contribution in [-0.4, -0.2) is 225 Å². The van der Waals surface area contributed by atoms with Crippen molar-refractivity contribution in [3.63, 3.8) is 0 Å². The molecular weight excluding hydrogens is 1430 g/mol. The third-order valence-electron chi connectivity index (χ3n) is 16.2. The fraction of sp³-hybridized carbons (Fsp3) is 0.609. The van der Waals surface area contributed by atoms with Gasteiger partial charge in [-0.3, -0.25) is 57.7 Å². The second-order valence-corrected chi connectivity index (χ2v) is 27.8. The third kappa shape index (κ3) is 32.8. The number of primary amides is 1. The largest absolute Gasteiger partial charge is 0.490 e. The highest BCUT2D eigenvalue weighted by molar-refractivity contribution is 6.00. The van der Waals surface area contributed by atoms with Crippen molar-refractivity contribution in [3.05, 3.63) is 71.8 Å². The Morgan fingerprint density at radius 3 is 1.69 bits per heavy atom. The SMILES string of the molecule is CC[C@H](C)C1NC(=O)[C@@H](CCCN=C(N)N)NC(=O)[C@H](CC(C)C)NC(=O)[C@H]([C@H](O)C(C)C)NC(=O)[C@@H](NC(=O)[C@H](CC(C)C)NC(=O)[C@@H](CCc2ccccc2)NC(=O)OC(C)(C)C)[C@@H](c2ccccc2)OC(=O)[C@H](CO)NC(=O)[C@H]([C@H](O)C(N)=O)NC(=O)CNC(=O)C([C@H](C)O)NC1=O.O=C(O)C(F)(F)F. The molecular formula is C69H106F3N15O21. The van der Waals surface area contributed by atoms with E-state index in [4.69, 9.17) is 36.6 Å². The van der Waals surface area contributed by atoms with Gasteiger partial charge in [0.1, 0.15) is 60.0 Å². The fourth-order valence-electron chi connectivity index (χ4n) is 10.3. The topological polar surface area (TPSA) is 581 Å². The number of halogens is 3. The first-order chi connectivity index (χ1) is 50.2. The predicted molar refractivity (Wildman–Crippen MR) is 380 cm³/mol. The monoisotopic (exact) mass is 1540 g/mol. The number of carboxylic acid groups (broad SMARTS) is 1. The van der Waals surface area contributed by atoms with Crippen LogP contribution in [0.4, 0.5) is 18.0 Å². The molecule has 12 amide bonds. The molecule has 1 fully saturated rings. The summed E-state index contributed by atoms with van der Waals surface area (Å²) in [7, 11) is 0. The molecule has 0 aliphatic carbocycles. The number of esters is 1. The zero-order chi connectivity index (χ0) is 82.2. The van der Waals surface area contributed by atoms with Crippen LogP contribution in [0.1, 0.15) is 139 Å². The predicted octanol–water partition coefficient (Wildman–Crippen LogP) is -2.65. The van der Waals surface area contributed by atoms with Crippen LogP contribution in [0.25, 0.3) is 0 Å². The van der Waals surface area contributed by atoms with Crippen LogP contribution < -0.4 is 75.7 Å². The van der Waals surface area contributed by atoms with E-state index in [-0.39, 0.29) is 63.0 Å². The van der Waals surface area contributed by atoms with Crippen molar-refractivity contribution >= 4 is 89.0 Å². The number of carbonyl (C=O) groups excluding carboxylic acids is 13. The van der Waals surface area contributed by atoms with E-state index in [1.807, 2.05) is 10.6 Å². The molecule has 604 valence electrons. The maximum atomic E-state index is 15.6. The molecule has 0 aromatic heterocycles. The van der Waals surface area contributed by atoms with E-state index in [2.05, 4.69) is 52.8 Å². The van der Waals surface area contributed by atoms with Crippen molar-refractivity contribution in [2.24, 2.45) is 45.9 Å². The second-order valence-electron chi connectivity index (χ2n) is 27.8. The van der Waals surface area contributed by atoms with Crippen LogP contribution in [0.5, 0.6) is 0 Å². The van der Waals surface area contributed by atoms with Gasteiger partial charge in [0.2, 0.25) is 65.0 Å². The number of aliphatic imine (C=N–C) groups is 1. The summed E-state index contributed by atoms with van der Waals surface area (Å²) >= 11 is 0. The van der Waals surface area contributed by atoms with Gasteiger partial charge in [-0.1, -0.05) is 122 Å². The number of carboxylic acids is 1. The molecule has 1 aliphatic rings. The number of rotatable bonds is 25. The quantitative estimate of drug-likeness (QED) is 0.0209. The number of alkyl carbamates (subject to hydrolysis) is 1. The van der Waals surface area contributed by atoms with Crippen molar-refractivity contribution in [1.82, 2.24) is 58.5 Å². The molecule has 0 saturated carbocycles. The van der Waals surface area contributed by atoms with Gasteiger partial charge in [0.05, 0.1) is 25.4 Å². The molecule has 36 nitrogen and oxygen atoms in total. The molecule has 108 heavy (non-hydrogen) atoms. The molecule has 0 spiro atoms. The number of nitrogens with two attached hydrogens (primary N) is 3. The van der Waals surface area contributed by atoms with E-state index in [9.17, 15) is 81.5 Å². The first kappa shape index (κ1) is 93.8. The molecule has 3 rings (SSSR count). The second kappa shape index (κ2) is 44.8. The van der Waals surface area contributed by atoms with Gasteiger partial charge in [-0.15, -0.1) is 0 Å². The Labute approximate surface area is 622 Å². The molecule has 22 N–H and O–H groups in total. The van der Waals surface area contributed by atoms with Crippen molar-refractivity contribution in [2.75, 3.05) is 19.7 Å². The van der Waals surface area contributed by atoms with Gasteiger partial charge in [-0.2, -0.15) is 13.2 Å². The van der Waals surface area contributed by atoms with Crippen molar-refractivity contribution < 1.29 is 115 Å². The van der Waals surface area contributed by atoms with Gasteiger partial charge in [0, 0.05) is 6.54 Å². The minimum absolute atomic E-state index is 0.0277. The molecule has 1 heterocycles. The number of cyclic esters (lactones) is 1. The Bertz CT molecular complexity index is 3400. The Hall–Kier alpha value is -10.3. The van der Waals surface area contributed by atoms with E-state index >= 15 is 14.4 Å². The molecule has 2 aromatic carbocycles. The third-order valence-corrected chi connectivity index (χ3v) is 16.2. The highest BCUT2D eigenvalue weighted by Gasteiger charge is 2.44. The first-order valence-corrected chi connectivity index (χ1v) is 34.8. The van der Waals surface area contributed by atoms with E-state index in [0.29, 0.717) is 0 Å². The zero-order valence-electron chi connectivity index (χ0n) is 62.3. The summed E-state index contributed by atoms with van der Waals surface area (Å²) in [5.41, 5.74) is 16.2. The minimum Gasteiger partial charge on any atom is -0.475 e. The van der Waals surface area contributed by atoms with E-state index < -0.39 is 216 Å². The lowest BCUT2D eigenvalue weighted by Gasteiger charge is -2.34. The van der Waals surface area contributed by atoms with Crippen molar-refractivity contribution in [2.45, 2.75) is 225 Å². The molecule has 15 atom stereocenters. The normalized spacial score (nSPS) is 22.5. The number of guanidine groups is 1. The highest BCUT2D eigenvalue weighted by Crippen LogP contribution is 2.25. The van der Waals surface area contributed by atoms with E-state index in [1.54, 1.807) is 92.6 Å². The average molecular weight is 1540 g/mol. The van der Waals surface area contributed by atoms with Crippen LogP contribution in [0, 0.1) is 23.7 Å². The Morgan fingerprint density at radius 1 is 0.648 bits per heavy atom. The van der Waals surface area contributed by atoms with Crippen LogP contribution >= 0.6 is 0 Å². The summed E-state index contributed by atoms with van der Waals surface area (Å²) < 4.78 is 43.2. The first-order valence-electron chi connectivity index (χ1n) is 34.8. The number of ether oxygens (including phenoxy) is 2. The minimum atomic E-state index is -5.08. The zero-order valence-corrected chi connectivity index (χ0v) is 62.3. The summed E-state index contributed by atoms with van der Waals surface area (Å²) in [4.78, 5) is 199. The molecule has 2 unspecified atom stereocenters. The molecule has 0 radical (unpaired) electrons. The molecule has 39 heteroatoms. The maximum Gasteiger partial charge on any atom is 0.490 e. The number of amides is 12. The lowest BCUT2D eigenvalue weighted by atomic mass is 9.95.